The normalized spacial score (nSPS) is 11.6. The second-order valence-corrected chi connectivity index (χ2v) is 6.18. The van der Waals surface area contributed by atoms with Crippen molar-refractivity contribution < 1.29 is 33.6 Å². The van der Waals surface area contributed by atoms with Crippen molar-refractivity contribution in [3.8, 4) is 28.7 Å². The van der Waals surface area contributed by atoms with E-state index in [9.17, 15) is 9.90 Å². The fourth-order valence-electron chi connectivity index (χ4n) is 2.81. The third kappa shape index (κ3) is 6.05. The van der Waals surface area contributed by atoms with Gasteiger partial charge in [-0.25, -0.2) is 0 Å². The highest BCUT2D eigenvalue weighted by molar-refractivity contribution is 6.02. The van der Waals surface area contributed by atoms with Gasteiger partial charge in [-0.15, -0.1) is 0 Å². The highest BCUT2D eigenvalue weighted by Crippen LogP contribution is 2.40. The molecule has 0 aromatic heterocycles. The first-order chi connectivity index (χ1) is 15.0. The van der Waals surface area contributed by atoms with E-state index in [4.69, 9.17) is 23.7 Å². The third-order valence-electron chi connectivity index (χ3n) is 4.31. The zero-order chi connectivity index (χ0) is 22.8. The molecule has 164 valence electrons. The van der Waals surface area contributed by atoms with Gasteiger partial charge in [0.1, 0.15) is 5.76 Å². The molecule has 1 N–H and O–H groups in total. The highest BCUT2D eigenvalue weighted by atomic mass is 16.5. The minimum atomic E-state index is -0.379. The first-order valence-corrected chi connectivity index (χ1v) is 9.29. The Bertz CT molecular complexity index is 1000. The first-order valence-electron chi connectivity index (χ1n) is 9.29. The van der Waals surface area contributed by atoms with Gasteiger partial charge in [0, 0.05) is 11.6 Å². The molecule has 0 aliphatic carbocycles. The average Bonchev–Trinajstić information content (AvgIpc) is 2.80. The van der Waals surface area contributed by atoms with E-state index < -0.39 is 0 Å². The lowest BCUT2D eigenvalue weighted by Crippen LogP contribution is -1.96. The minimum Gasteiger partial charge on any atom is -0.508 e. The molecule has 0 unspecified atom stereocenters. The lowest BCUT2D eigenvalue weighted by molar-refractivity contribution is -0.110. The summed E-state index contributed by atoms with van der Waals surface area (Å²) in [5, 5.41) is 10.1. The van der Waals surface area contributed by atoms with E-state index in [1.807, 2.05) is 0 Å². The topological polar surface area (TPSA) is 83.5 Å². The van der Waals surface area contributed by atoms with Gasteiger partial charge in [0.2, 0.25) is 5.75 Å². The molecule has 0 aliphatic heterocycles. The molecule has 2 rings (SSSR count). The molecule has 0 radical (unpaired) electrons. The van der Waals surface area contributed by atoms with Gasteiger partial charge in [0.05, 0.1) is 35.5 Å². The van der Waals surface area contributed by atoms with Crippen LogP contribution in [0.4, 0.5) is 0 Å². The van der Waals surface area contributed by atoms with Crippen molar-refractivity contribution in [2.75, 3.05) is 35.5 Å². The van der Waals surface area contributed by atoms with Crippen LogP contribution in [0.25, 0.3) is 12.2 Å². The van der Waals surface area contributed by atoms with Crippen LogP contribution in [0.3, 0.4) is 0 Å². The van der Waals surface area contributed by atoms with E-state index >= 15 is 0 Å². The van der Waals surface area contributed by atoms with E-state index in [0.717, 1.165) is 11.6 Å². The summed E-state index contributed by atoms with van der Waals surface area (Å²) in [6.07, 6.45) is 7.09. The van der Waals surface area contributed by atoms with Gasteiger partial charge >= 0.3 is 0 Å². The standard InChI is InChI=1S/C24H26O7/c1-27-20-12-7-16(14-22(20)29-3)6-10-18(25)15-19(26)11-8-17-9-13-21(28-2)24(31-5)23(17)30-4/h6-15,26H,1-5H3/b10-6+,11-8+,19-15-. The molecule has 0 aliphatic rings. The molecular weight excluding hydrogens is 400 g/mol. The SMILES string of the molecule is COc1ccc(/C=C/C(=O)/C=C(O)/C=C/c2ccc(OC)c(OC)c2OC)cc1OC. The Balaban J connectivity index is 2.16. The number of ether oxygens (including phenoxy) is 5. The molecule has 0 fully saturated rings. The van der Waals surface area contributed by atoms with Crippen LogP contribution >= 0.6 is 0 Å². The average molecular weight is 426 g/mol. The number of hydrogen-bond acceptors (Lipinski definition) is 7. The largest absolute Gasteiger partial charge is 0.508 e. The van der Waals surface area contributed by atoms with E-state index in [1.54, 1.807) is 49.6 Å². The van der Waals surface area contributed by atoms with Gasteiger partial charge in [0.15, 0.2) is 28.8 Å². The Morgan fingerprint density at radius 2 is 1.39 bits per heavy atom. The van der Waals surface area contributed by atoms with Crippen molar-refractivity contribution in [1.29, 1.82) is 0 Å². The Labute approximate surface area is 181 Å². The van der Waals surface area contributed by atoms with E-state index in [2.05, 4.69) is 0 Å². The molecule has 0 saturated carbocycles. The quantitative estimate of drug-likeness (QED) is 0.341. The van der Waals surface area contributed by atoms with E-state index in [0.29, 0.717) is 34.3 Å². The summed E-state index contributed by atoms with van der Waals surface area (Å²) < 4.78 is 26.4. The lowest BCUT2D eigenvalue weighted by atomic mass is 10.1. The predicted molar refractivity (Wildman–Crippen MR) is 119 cm³/mol. The Morgan fingerprint density at radius 1 is 0.742 bits per heavy atom. The number of hydrogen-bond donors (Lipinski definition) is 1. The summed E-state index contributed by atoms with van der Waals surface area (Å²) in [5.41, 5.74) is 1.40. The van der Waals surface area contributed by atoms with Gasteiger partial charge < -0.3 is 28.8 Å². The lowest BCUT2D eigenvalue weighted by Gasteiger charge is -2.13. The summed E-state index contributed by atoms with van der Waals surface area (Å²) in [4.78, 5) is 12.1. The molecule has 2 aromatic rings. The van der Waals surface area contributed by atoms with Gasteiger partial charge in [-0.1, -0.05) is 12.1 Å². The Kier molecular flexibility index (Phi) is 8.57. The van der Waals surface area contributed by atoms with Crippen LogP contribution < -0.4 is 23.7 Å². The van der Waals surface area contributed by atoms with Crippen molar-refractivity contribution in [3.63, 3.8) is 0 Å². The summed E-state index contributed by atoms with van der Waals surface area (Å²) in [6.45, 7) is 0. The summed E-state index contributed by atoms with van der Waals surface area (Å²) in [6, 6.07) is 8.75. The molecule has 0 saturated heterocycles. The summed E-state index contributed by atoms with van der Waals surface area (Å²) >= 11 is 0. The molecule has 2 aromatic carbocycles. The molecule has 7 nitrogen and oxygen atoms in total. The molecular formula is C24H26O7. The summed E-state index contributed by atoms with van der Waals surface area (Å²) in [7, 11) is 7.64. The van der Waals surface area contributed by atoms with Crippen LogP contribution in [0, 0.1) is 0 Å². The van der Waals surface area contributed by atoms with Crippen LogP contribution in [-0.4, -0.2) is 46.4 Å². The Morgan fingerprint density at radius 3 is 2.00 bits per heavy atom. The van der Waals surface area contributed by atoms with Gasteiger partial charge in [-0.2, -0.15) is 0 Å². The van der Waals surface area contributed by atoms with Crippen molar-refractivity contribution in [1.82, 2.24) is 0 Å². The van der Waals surface area contributed by atoms with Gasteiger partial charge in [-0.3, -0.25) is 4.79 Å². The fraction of sp³-hybridized carbons (Fsp3) is 0.208. The zero-order valence-corrected chi connectivity index (χ0v) is 18.2. The number of benzene rings is 2. The van der Waals surface area contributed by atoms with Crippen molar-refractivity contribution in [2.24, 2.45) is 0 Å². The number of rotatable bonds is 10. The number of methoxy groups -OCH3 is 5. The van der Waals surface area contributed by atoms with Crippen molar-refractivity contribution in [2.45, 2.75) is 0 Å². The number of ketones is 1. The fourth-order valence-corrected chi connectivity index (χ4v) is 2.81. The maximum atomic E-state index is 12.1. The van der Waals surface area contributed by atoms with Crippen LogP contribution in [0.5, 0.6) is 28.7 Å². The van der Waals surface area contributed by atoms with Crippen LogP contribution in [0.1, 0.15) is 11.1 Å². The van der Waals surface area contributed by atoms with Crippen molar-refractivity contribution in [3.05, 3.63) is 65.4 Å². The maximum Gasteiger partial charge on any atom is 0.203 e. The number of carbonyl (C=O) groups excluding carboxylic acids is 1. The number of aliphatic hydroxyl groups excluding tert-OH is 1. The highest BCUT2D eigenvalue weighted by Gasteiger charge is 2.14. The molecule has 31 heavy (non-hydrogen) atoms. The monoisotopic (exact) mass is 426 g/mol. The molecule has 0 atom stereocenters. The van der Waals surface area contributed by atoms with Crippen LogP contribution in [-0.2, 0) is 4.79 Å². The molecule has 0 bridgehead atoms. The predicted octanol–water partition coefficient (Wildman–Crippen LogP) is 4.47. The third-order valence-corrected chi connectivity index (χ3v) is 4.31. The Hall–Kier alpha value is -3.87. The number of carbonyl (C=O) groups is 1. The second kappa shape index (κ2) is 11.3. The first kappa shape index (κ1) is 23.4. The van der Waals surface area contributed by atoms with Crippen LogP contribution in [0.2, 0.25) is 0 Å². The van der Waals surface area contributed by atoms with E-state index in [1.165, 1.54) is 40.6 Å². The van der Waals surface area contributed by atoms with Gasteiger partial charge in [-0.05, 0) is 48.1 Å². The molecule has 0 heterocycles. The zero-order valence-electron chi connectivity index (χ0n) is 18.2. The smallest absolute Gasteiger partial charge is 0.203 e. The number of aliphatic hydroxyl groups is 1. The molecule has 0 spiro atoms. The second-order valence-electron chi connectivity index (χ2n) is 6.18. The number of allylic oxidation sites excluding steroid dienone is 3. The molecule has 0 amide bonds. The summed E-state index contributed by atoms with van der Waals surface area (Å²) in [5.74, 6) is 1.97. The maximum absolute atomic E-state index is 12.1. The van der Waals surface area contributed by atoms with Crippen LogP contribution in [0.15, 0.2) is 54.3 Å². The molecule has 7 heteroatoms. The van der Waals surface area contributed by atoms with Gasteiger partial charge in [0.25, 0.3) is 0 Å². The van der Waals surface area contributed by atoms with Crippen molar-refractivity contribution >= 4 is 17.9 Å². The minimum absolute atomic E-state index is 0.209. The van der Waals surface area contributed by atoms with E-state index in [-0.39, 0.29) is 11.5 Å².